The van der Waals surface area contributed by atoms with E-state index in [9.17, 15) is 5.26 Å². The second kappa shape index (κ2) is 4.86. The van der Waals surface area contributed by atoms with Gasteiger partial charge in [0.05, 0.1) is 5.69 Å². The van der Waals surface area contributed by atoms with Crippen LogP contribution < -0.4 is 4.90 Å². The first kappa shape index (κ1) is 13.9. The number of hydrogen-bond donors (Lipinski definition) is 0. The number of aryl methyl sites for hydroxylation is 2. The first-order valence-electron chi connectivity index (χ1n) is 6.73. The lowest BCUT2D eigenvalue weighted by Gasteiger charge is -2.49. The molecule has 1 aliphatic rings. The van der Waals surface area contributed by atoms with Crippen LogP contribution in [0, 0.1) is 18.3 Å². The first-order chi connectivity index (χ1) is 8.91. The maximum Gasteiger partial charge on any atom is 0.144 e. The summed E-state index contributed by atoms with van der Waals surface area (Å²) in [5.74, 6) is 0.924. The zero-order valence-corrected chi connectivity index (χ0v) is 12.6. The van der Waals surface area contributed by atoms with Crippen molar-refractivity contribution in [1.82, 2.24) is 14.7 Å². The molecule has 1 aromatic rings. The minimum absolute atomic E-state index is 0.250. The number of hydrogen-bond acceptors (Lipinski definition) is 4. The van der Waals surface area contributed by atoms with Gasteiger partial charge in [-0.15, -0.1) is 0 Å². The Labute approximate surface area is 115 Å². The number of rotatable bonds is 4. The maximum atomic E-state index is 9.30. The van der Waals surface area contributed by atoms with E-state index in [1.165, 1.54) is 19.3 Å². The van der Waals surface area contributed by atoms with Gasteiger partial charge < -0.3 is 9.80 Å². The van der Waals surface area contributed by atoms with E-state index in [0.29, 0.717) is 5.56 Å². The Hall–Kier alpha value is -1.54. The standard InChI is InChI=1S/C14H23N5/c1-11-12(9-15)13(19(5)16-11)18(4)10-14(17(2)3)7-6-8-14/h6-8,10H2,1-5H3. The number of anilines is 1. The lowest BCUT2D eigenvalue weighted by molar-refractivity contribution is 0.0680. The highest BCUT2D eigenvalue weighted by Gasteiger charge is 2.40. The maximum absolute atomic E-state index is 9.30. The molecule has 0 amide bonds. The van der Waals surface area contributed by atoms with Crippen LogP contribution in [0.5, 0.6) is 0 Å². The molecule has 0 bridgehead atoms. The van der Waals surface area contributed by atoms with Crippen molar-refractivity contribution in [2.75, 3.05) is 32.6 Å². The average molecular weight is 261 g/mol. The zero-order valence-electron chi connectivity index (χ0n) is 12.6. The van der Waals surface area contributed by atoms with Gasteiger partial charge in [0.25, 0.3) is 0 Å². The minimum Gasteiger partial charge on any atom is -0.357 e. The van der Waals surface area contributed by atoms with Crippen LogP contribution in [0.1, 0.15) is 30.5 Å². The molecule has 104 valence electrons. The first-order valence-corrected chi connectivity index (χ1v) is 6.73. The molecule has 0 radical (unpaired) electrons. The van der Waals surface area contributed by atoms with Gasteiger partial charge in [-0.25, -0.2) is 0 Å². The van der Waals surface area contributed by atoms with Crippen molar-refractivity contribution >= 4 is 5.82 Å². The van der Waals surface area contributed by atoms with Gasteiger partial charge in [0.1, 0.15) is 17.5 Å². The largest absolute Gasteiger partial charge is 0.357 e. The Bertz CT molecular complexity index is 505. The van der Waals surface area contributed by atoms with E-state index in [1.54, 1.807) is 0 Å². The molecule has 1 aromatic heterocycles. The summed E-state index contributed by atoms with van der Waals surface area (Å²) in [6.07, 6.45) is 3.74. The molecule has 19 heavy (non-hydrogen) atoms. The Morgan fingerprint density at radius 2 is 2.00 bits per heavy atom. The highest BCUT2D eigenvalue weighted by atomic mass is 15.4. The summed E-state index contributed by atoms with van der Waals surface area (Å²) in [5.41, 5.74) is 1.75. The minimum atomic E-state index is 0.250. The lowest BCUT2D eigenvalue weighted by Crippen LogP contribution is -2.57. The van der Waals surface area contributed by atoms with Gasteiger partial charge in [-0.3, -0.25) is 4.68 Å². The smallest absolute Gasteiger partial charge is 0.144 e. The van der Waals surface area contributed by atoms with Gasteiger partial charge in [0, 0.05) is 26.2 Å². The van der Waals surface area contributed by atoms with Crippen LogP contribution in [0.2, 0.25) is 0 Å². The van der Waals surface area contributed by atoms with Gasteiger partial charge >= 0.3 is 0 Å². The van der Waals surface area contributed by atoms with E-state index in [0.717, 1.165) is 18.1 Å². The average Bonchev–Trinajstić information content (AvgIpc) is 2.57. The third kappa shape index (κ3) is 2.21. The third-order valence-electron chi connectivity index (χ3n) is 4.43. The van der Waals surface area contributed by atoms with Crippen LogP contribution in [-0.2, 0) is 7.05 Å². The second-order valence-electron chi connectivity index (χ2n) is 5.85. The van der Waals surface area contributed by atoms with E-state index in [-0.39, 0.29) is 5.54 Å². The highest BCUT2D eigenvalue weighted by molar-refractivity contribution is 5.56. The fraction of sp³-hybridized carbons (Fsp3) is 0.714. The molecular formula is C14H23N5. The number of likely N-dealkylation sites (N-methyl/N-ethyl adjacent to an activating group) is 2. The lowest BCUT2D eigenvalue weighted by atomic mass is 9.75. The van der Waals surface area contributed by atoms with Crippen LogP contribution in [0.25, 0.3) is 0 Å². The summed E-state index contributed by atoms with van der Waals surface area (Å²) >= 11 is 0. The summed E-state index contributed by atoms with van der Waals surface area (Å²) in [5, 5.41) is 13.7. The fourth-order valence-corrected chi connectivity index (χ4v) is 3.06. The van der Waals surface area contributed by atoms with Gasteiger partial charge in [-0.1, -0.05) is 0 Å². The predicted molar refractivity (Wildman–Crippen MR) is 76.2 cm³/mol. The molecule has 1 heterocycles. The molecule has 5 heteroatoms. The third-order valence-corrected chi connectivity index (χ3v) is 4.43. The molecule has 0 saturated heterocycles. The summed E-state index contributed by atoms with van der Waals surface area (Å²) in [6.45, 7) is 2.83. The van der Waals surface area contributed by atoms with Crippen molar-refractivity contribution in [3.63, 3.8) is 0 Å². The van der Waals surface area contributed by atoms with Crippen molar-refractivity contribution in [1.29, 1.82) is 5.26 Å². The van der Waals surface area contributed by atoms with Crippen molar-refractivity contribution in [3.8, 4) is 6.07 Å². The van der Waals surface area contributed by atoms with E-state index < -0.39 is 0 Å². The van der Waals surface area contributed by atoms with E-state index >= 15 is 0 Å². The molecule has 0 aromatic carbocycles. The van der Waals surface area contributed by atoms with Gasteiger partial charge in [-0.2, -0.15) is 10.4 Å². The van der Waals surface area contributed by atoms with Gasteiger partial charge in [0.15, 0.2) is 0 Å². The fourth-order valence-electron chi connectivity index (χ4n) is 3.06. The van der Waals surface area contributed by atoms with Crippen LogP contribution in [0.15, 0.2) is 0 Å². The Kier molecular flexibility index (Phi) is 3.55. The van der Waals surface area contributed by atoms with E-state index in [4.69, 9.17) is 0 Å². The summed E-state index contributed by atoms with van der Waals surface area (Å²) in [4.78, 5) is 4.50. The van der Waals surface area contributed by atoms with Crippen LogP contribution >= 0.6 is 0 Å². The molecule has 0 atom stereocenters. The molecular weight excluding hydrogens is 238 g/mol. The molecule has 1 saturated carbocycles. The molecule has 5 nitrogen and oxygen atoms in total. The van der Waals surface area contributed by atoms with Crippen molar-refractivity contribution in [2.24, 2.45) is 7.05 Å². The van der Waals surface area contributed by atoms with Crippen molar-refractivity contribution in [3.05, 3.63) is 11.3 Å². The van der Waals surface area contributed by atoms with Crippen LogP contribution in [-0.4, -0.2) is 47.9 Å². The van der Waals surface area contributed by atoms with E-state index in [2.05, 4.69) is 42.1 Å². The molecule has 0 unspecified atom stereocenters. The molecule has 1 aliphatic carbocycles. The predicted octanol–water partition coefficient (Wildman–Crippen LogP) is 1.52. The Morgan fingerprint density at radius 1 is 1.37 bits per heavy atom. The van der Waals surface area contributed by atoms with Crippen molar-refractivity contribution in [2.45, 2.75) is 31.7 Å². The summed E-state index contributed by atoms with van der Waals surface area (Å²) in [6, 6.07) is 2.28. The summed E-state index contributed by atoms with van der Waals surface area (Å²) < 4.78 is 1.82. The Morgan fingerprint density at radius 3 is 2.42 bits per heavy atom. The van der Waals surface area contributed by atoms with Gasteiger partial charge in [0.2, 0.25) is 0 Å². The van der Waals surface area contributed by atoms with Crippen LogP contribution in [0.4, 0.5) is 5.82 Å². The molecule has 2 rings (SSSR count). The molecule has 0 spiro atoms. The monoisotopic (exact) mass is 261 g/mol. The SMILES string of the molecule is Cc1nn(C)c(N(C)CC2(N(C)C)CCC2)c1C#N. The second-order valence-corrected chi connectivity index (χ2v) is 5.85. The number of nitrogens with zero attached hydrogens (tertiary/aromatic N) is 5. The van der Waals surface area contributed by atoms with Crippen molar-refractivity contribution < 1.29 is 0 Å². The van der Waals surface area contributed by atoms with Crippen LogP contribution in [0.3, 0.4) is 0 Å². The van der Waals surface area contributed by atoms with Gasteiger partial charge in [-0.05, 0) is 40.3 Å². The zero-order chi connectivity index (χ0) is 14.2. The topological polar surface area (TPSA) is 48.1 Å². The number of nitriles is 1. The Balaban J connectivity index is 2.26. The highest BCUT2D eigenvalue weighted by Crippen LogP contribution is 2.37. The number of aromatic nitrogens is 2. The van der Waals surface area contributed by atoms with E-state index in [1.807, 2.05) is 18.7 Å². The molecule has 0 N–H and O–H groups in total. The molecule has 0 aliphatic heterocycles. The normalized spacial score (nSPS) is 17.1. The summed E-state index contributed by atoms with van der Waals surface area (Å²) in [7, 11) is 8.25. The molecule has 1 fully saturated rings. The quantitative estimate of drug-likeness (QED) is 0.824.